The fourth-order valence-corrected chi connectivity index (χ4v) is 2.47. The normalized spacial score (nSPS) is 16.3. The fourth-order valence-electron chi connectivity index (χ4n) is 2.47. The van der Waals surface area contributed by atoms with E-state index in [1.165, 1.54) is 39.2 Å². The monoisotopic (exact) mass is 242 g/mol. The average Bonchev–Trinajstić information content (AvgIpc) is 2.28. The summed E-state index contributed by atoms with van der Waals surface area (Å²) in [6, 6.07) is 0. The second-order valence-electron chi connectivity index (χ2n) is 5.59. The lowest BCUT2D eigenvalue weighted by Gasteiger charge is -2.16. The van der Waals surface area contributed by atoms with Crippen LogP contribution in [0.1, 0.15) is 66.2 Å². The van der Waals surface area contributed by atoms with Gasteiger partial charge in [0.05, 0.1) is 13.0 Å². The molecule has 0 aliphatic heterocycles. The summed E-state index contributed by atoms with van der Waals surface area (Å²) in [5.74, 6) is 1.45. The molecule has 0 aromatic carbocycles. The van der Waals surface area contributed by atoms with E-state index in [0.29, 0.717) is 5.92 Å². The van der Waals surface area contributed by atoms with Gasteiger partial charge in [0, 0.05) is 0 Å². The lowest BCUT2D eigenvalue weighted by molar-refractivity contribution is -0.145. The van der Waals surface area contributed by atoms with Gasteiger partial charge in [-0.05, 0) is 18.3 Å². The van der Waals surface area contributed by atoms with Crippen LogP contribution >= 0.6 is 0 Å². The van der Waals surface area contributed by atoms with E-state index in [1.807, 2.05) is 6.92 Å². The first-order valence-electron chi connectivity index (χ1n) is 7.09. The van der Waals surface area contributed by atoms with Crippen molar-refractivity contribution in [2.24, 2.45) is 17.8 Å². The van der Waals surface area contributed by atoms with E-state index in [-0.39, 0.29) is 11.9 Å². The van der Waals surface area contributed by atoms with Crippen LogP contribution < -0.4 is 0 Å². The molecule has 0 radical (unpaired) electrons. The predicted molar refractivity (Wildman–Crippen MR) is 72.9 cm³/mol. The molecule has 0 bridgehead atoms. The van der Waals surface area contributed by atoms with Crippen molar-refractivity contribution in [3.05, 3.63) is 0 Å². The summed E-state index contributed by atoms with van der Waals surface area (Å²) in [6.07, 6.45) is 7.42. The number of methoxy groups -OCH3 is 1. The number of rotatable bonds is 9. The van der Waals surface area contributed by atoms with Gasteiger partial charge in [0.25, 0.3) is 0 Å². The van der Waals surface area contributed by atoms with Gasteiger partial charge in [-0.2, -0.15) is 0 Å². The Bertz CT molecular complexity index is 201. The topological polar surface area (TPSA) is 26.3 Å². The van der Waals surface area contributed by atoms with Gasteiger partial charge < -0.3 is 4.74 Å². The number of hydrogen-bond donors (Lipinski definition) is 0. The summed E-state index contributed by atoms with van der Waals surface area (Å²) in [4.78, 5) is 11.3. The molecule has 0 aromatic heterocycles. The number of ether oxygens (including phenoxy) is 1. The fraction of sp³-hybridized carbons (Fsp3) is 0.933. The van der Waals surface area contributed by atoms with Crippen molar-refractivity contribution < 1.29 is 9.53 Å². The Balaban J connectivity index is 3.65. The highest BCUT2D eigenvalue weighted by atomic mass is 16.5. The van der Waals surface area contributed by atoms with E-state index in [4.69, 9.17) is 4.74 Å². The molecule has 2 heteroatoms. The molecule has 0 saturated heterocycles. The number of esters is 1. The maximum Gasteiger partial charge on any atom is 0.308 e. The molecule has 102 valence electrons. The standard InChI is InChI=1S/C15H30O2/c1-6-8-12(2)9-7-10-13(3)11-14(4)15(16)17-5/h12-14H,6-11H2,1-5H3. The highest BCUT2D eigenvalue weighted by Crippen LogP contribution is 2.21. The average molecular weight is 242 g/mol. The highest BCUT2D eigenvalue weighted by Gasteiger charge is 2.16. The molecule has 3 unspecified atom stereocenters. The van der Waals surface area contributed by atoms with Gasteiger partial charge in [-0.15, -0.1) is 0 Å². The minimum absolute atomic E-state index is 0.0445. The molecule has 3 atom stereocenters. The number of carbonyl (C=O) groups is 1. The molecule has 0 fully saturated rings. The van der Waals surface area contributed by atoms with Gasteiger partial charge in [-0.3, -0.25) is 4.79 Å². The van der Waals surface area contributed by atoms with Crippen LogP contribution in [0.15, 0.2) is 0 Å². The lowest BCUT2D eigenvalue weighted by atomic mass is 9.90. The van der Waals surface area contributed by atoms with Gasteiger partial charge in [-0.25, -0.2) is 0 Å². The van der Waals surface area contributed by atoms with Gasteiger partial charge >= 0.3 is 5.97 Å². The Kier molecular flexibility index (Phi) is 9.20. The molecule has 0 N–H and O–H groups in total. The van der Waals surface area contributed by atoms with Crippen LogP contribution in [0.3, 0.4) is 0 Å². The van der Waals surface area contributed by atoms with E-state index < -0.39 is 0 Å². The SMILES string of the molecule is CCCC(C)CCCC(C)CC(C)C(=O)OC. The molecule has 17 heavy (non-hydrogen) atoms. The molecule has 0 rings (SSSR count). The Morgan fingerprint density at radius 3 is 2.18 bits per heavy atom. The predicted octanol–water partition coefficient (Wildman–Crippen LogP) is 4.43. The third kappa shape index (κ3) is 8.23. The Hall–Kier alpha value is -0.530. The number of hydrogen-bond acceptors (Lipinski definition) is 2. The first kappa shape index (κ1) is 16.5. The first-order chi connectivity index (χ1) is 8.01. The van der Waals surface area contributed by atoms with Crippen molar-refractivity contribution in [2.45, 2.75) is 66.2 Å². The molecule has 0 saturated carbocycles. The summed E-state index contributed by atoms with van der Waals surface area (Å²) in [6.45, 7) is 8.79. The smallest absolute Gasteiger partial charge is 0.308 e. The Morgan fingerprint density at radius 1 is 1.06 bits per heavy atom. The quantitative estimate of drug-likeness (QED) is 0.559. The second-order valence-corrected chi connectivity index (χ2v) is 5.59. The molecule has 2 nitrogen and oxygen atoms in total. The maximum absolute atomic E-state index is 11.3. The molecule has 0 heterocycles. The van der Waals surface area contributed by atoms with Crippen molar-refractivity contribution in [1.82, 2.24) is 0 Å². The summed E-state index contributed by atoms with van der Waals surface area (Å²) in [5.41, 5.74) is 0. The van der Waals surface area contributed by atoms with Crippen LogP contribution in [-0.2, 0) is 9.53 Å². The van der Waals surface area contributed by atoms with E-state index in [1.54, 1.807) is 0 Å². The second kappa shape index (κ2) is 9.49. The van der Waals surface area contributed by atoms with Crippen molar-refractivity contribution in [3.8, 4) is 0 Å². The van der Waals surface area contributed by atoms with Crippen LogP contribution in [0.25, 0.3) is 0 Å². The Morgan fingerprint density at radius 2 is 1.65 bits per heavy atom. The third-order valence-corrected chi connectivity index (χ3v) is 3.53. The number of carbonyl (C=O) groups excluding carboxylic acids is 1. The lowest BCUT2D eigenvalue weighted by Crippen LogP contribution is -2.15. The zero-order chi connectivity index (χ0) is 13.3. The maximum atomic E-state index is 11.3. The van der Waals surface area contributed by atoms with Crippen LogP contribution in [0.4, 0.5) is 0 Å². The molecule has 0 aliphatic carbocycles. The van der Waals surface area contributed by atoms with Crippen molar-refractivity contribution >= 4 is 5.97 Å². The van der Waals surface area contributed by atoms with Gasteiger partial charge in [0.2, 0.25) is 0 Å². The van der Waals surface area contributed by atoms with Crippen LogP contribution in [0.2, 0.25) is 0 Å². The summed E-state index contributed by atoms with van der Waals surface area (Å²) >= 11 is 0. The van der Waals surface area contributed by atoms with Crippen molar-refractivity contribution in [3.63, 3.8) is 0 Å². The van der Waals surface area contributed by atoms with Crippen LogP contribution in [-0.4, -0.2) is 13.1 Å². The van der Waals surface area contributed by atoms with E-state index in [9.17, 15) is 4.79 Å². The van der Waals surface area contributed by atoms with Crippen molar-refractivity contribution in [1.29, 1.82) is 0 Å². The molecular weight excluding hydrogens is 212 g/mol. The Labute approximate surface area is 107 Å². The van der Waals surface area contributed by atoms with Gasteiger partial charge in [-0.1, -0.05) is 59.8 Å². The summed E-state index contributed by atoms with van der Waals surface area (Å²) in [5, 5.41) is 0. The molecule has 0 spiro atoms. The third-order valence-electron chi connectivity index (χ3n) is 3.53. The largest absolute Gasteiger partial charge is 0.469 e. The zero-order valence-corrected chi connectivity index (χ0v) is 12.3. The first-order valence-corrected chi connectivity index (χ1v) is 7.09. The minimum Gasteiger partial charge on any atom is -0.469 e. The molecule has 0 aliphatic rings. The van der Waals surface area contributed by atoms with Crippen molar-refractivity contribution in [2.75, 3.05) is 7.11 Å². The van der Waals surface area contributed by atoms with E-state index >= 15 is 0 Å². The summed E-state index contributed by atoms with van der Waals surface area (Å²) < 4.78 is 4.75. The molecule has 0 aromatic rings. The van der Waals surface area contributed by atoms with E-state index in [2.05, 4.69) is 20.8 Å². The van der Waals surface area contributed by atoms with Gasteiger partial charge in [0.15, 0.2) is 0 Å². The zero-order valence-electron chi connectivity index (χ0n) is 12.3. The van der Waals surface area contributed by atoms with Crippen LogP contribution in [0.5, 0.6) is 0 Å². The summed E-state index contributed by atoms with van der Waals surface area (Å²) in [7, 11) is 1.47. The minimum atomic E-state index is -0.0730. The molecular formula is C15H30O2. The van der Waals surface area contributed by atoms with E-state index in [0.717, 1.165) is 12.3 Å². The van der Waals surface area contributed by atoms with Gasteiger partial charge in [0.1, 0.15) is 0 Å². The molecule has 0 amide bonds. The highest BCUT2D eigenvalue weighted by molar-refractivity contribution is 5.71. The van der Waals surface area contributed by atoms with Crippen LogP contribution in [0, 0.1) is 17.8 Å².